The van der Waals surface area contributed by atoms with Crippen LogP contribution in [-0.4, -0.2) is 14.7 Å². The molecule has 1 aromatic carbocycles. The molecular formula is C11H14FNO2S. The number of hydrogen-bond acceptors (Lipinski definition) is 3. The minimum Gasteiger partial charge on any atom is -0.321 e. The monoisotopic (exact) mass is 243 g/mol. The van der Waals surface area contributed by atoms with E-state index in [1.165, 1.54) is 18.2 Å². The van der Waals surface area contributed by atoms with E-state index in [-0.39, 0.29) is 10.5 Å². The summed E-state index contributed by atoms with van der Waals surface area (Å²) in [5.74, 6) is -0.523. The van der Waals surface area contributed by atoms with Gasteiger partial charge in [-0.2, -0.15) is 0 Å². The quantitative estimate of drug-likeness (QED) is 0.857. The Morgan fingerprint density at radius 3 is 2.44 bits per heavy atom. The molecule has 5 heteroatoms. The van der Waals surface area contributed by atoms with Crippen LogP contribution in [0.1, 0.15) is 24.8 Å². The molecule has 0 amide bonds. The van der Waals surface area contributed by atoms with E-state index in [4.69, 9.17) is 5.73 Å². The van der Waals surface area contributed by atoms with Crippen LogP contribution < -0.4 is 5.73 Å². The predicted octanol–water partition coefficient (Wildman–Crippen LogP) is 1.57. The van der Waals surface area contributed by atoms with E-state index in [0.717, 1.165) is 12.7 Å². The highest BCUT2D eigenvalue weighted by molar-refractivity contribution is 7.90. The normalized spacial score (nSPS) is 19.2. The van der Waals surface area contributed by atoms with Crippen LogP contribution in [0.5, 0.6) is 0 Å². The van der Waals surface area contributed by atoms with Crippen LogP contribution in [0.3, 0.4) is 0 Å². The molecule has 16 heavy (non-hydrogen) atoms. The minimum absolute atomic E-state index is 0.0229. The largest absolute Gasteiger partial charge is 0.321 e. The summed E-state index contributed by atoms with van der Waals surface area (Å²) in [6, 6.07) is 4.08. The van der Waals surface area contributed by atoms with E-state index < -0.39 is 21.2 Å². The number of benzene rings is 1. The van der Waals surface area contributed by atoms with Crippen molar-refractivity contribution in [1.82, 2.24) is 0 Å². The van der Waals surface area contributed by atoms with Crippen molar-refractivity contribution in [2.24, 2.45) is 5.73 Å². The van der Waals surface area contributed by atoms with Gasteiger partial charge in [0, 0.05) is 17.4 Å². The molecule has 0 radical (unpaired) electrons. The fourth-order valence-corrected chi connectivity index (χ4v) is 3.10. The lowest BCUT2D eigenvalue weighted by atomic mass is 9.72. The van der Waals surface area contributed by atoms with Gasteiger partial charge in [-0.3, -0.25) is 0 Å². The molecule has 1 aliphatic rings. The van der Waals surface area contributed by atoms with Crippen molar-refractivity contribution in [3.8, 4) is 0 Å². The molecule has 1 aromatic rings. The average molecular weight is 243 g/mol. The fraction of sp³-hybridized carbons (Fsp3) is 0.455. The number of halogens is 1. The number of sulfone groups is 1. The second kappa shape index (κ2) is 3.53. The topological polar surface area (TPSA) is 60.2 Å². The second-order valence-electron chi connectivity index (χ2n) is 4.39. The molecular weight excluding hydrogens is 229 g/mol. The van der Waals surface area contributed by atoms with Crippen molar-refractivity contribution >= 4 is 9.84 Å². The molecule has 1 aliphatic carbocycles. The minimum atomic E-state index is -3.44. The van der Waals surface area contributed by atoms with Crippen molar-refractivity contribution in [2.75, 3.05) is 6.26 Å². The van der Waals surface area contributed by atoms with Crippen LogP contribution >= 0.6 is 0 Å². The Labute approximate surface area is 94.4 Å². The molecule has 0 bridgehead atoms. The second-order valence-corrected chi connectivity index (χ2v) is 6.38. The van der Waals surface area contributed by atoms with Gasteiger partial charge >= 0.3 is 0 Å². The summed E-state index contributed by atoms with van der Waals surface area (Å²) >= 11 is 0. The number of hydrogen-bond donors (Lipinski definition) is 1. The van der Waals surface area contributed by atoms with Gasteiger partial charge in [0.15, 0.2) is 9.84 Å². The third-order valence-corrected chi connectivity index (χ3v) is 4.26. The maximum Gasteiger partial charge on any atom is 0.175 e. The van der Waals surface area contributed by atoms with E-state index in [0.29, 0.717) is 12.8 Å². The van der Waals surface area contributed by atoms with Crippen LogP contribution in [0.4, 0.5) is 4.39 Å². The first-order chi connectivity index (χ1) is 7.34. The molecule has 3 nitrogen and oxygen atoms in total. The van der Waals surface area contributed by atoms with E-state index in [2.05, 4.69) is 0 Å². The standard InChI is InChI=1S/C11H14FNO2S/c1-16(14,15)9-5-2-4-8(12)10(9)11(13)6-3-7-11/h2,4-5H,3,6-7,13H2,1H3. The van der Waals surface area contributed by atoms with E-state index in [1.807, 2.05) is 0 Å². The summed E-state index contributed by atoms with van der Waals surface area (Å²) in [5, 5.41) is 0. The Morgan fingerprint density at radius 1 is 1.38 bits per heavy atom. The molecule has 0 atom stereocenters. The summed E-state index contributed by atoms with van der Waals surface area (Å²) < 4.78 is 36.9. The molecule has 0 spiro atoms. The Balaban J connectivity index is 2.67. The van der Waals surface area contributed by atoms with Gasteiger partial charge in [0.1, 0.15) is 5.82 Å². The third-order valence-electron chi connectivity index (χ3n) is 3.12. The molecule has 2 rings (SSSR count). The van der Waals surface area contributed by atoms with Gasteiger partial charge < -0.3 is 5.73 Å². The van der Waals surface area contributed by atoms with Gasteiger partial charge in [0.2, 0.25) is 0 Å². The van der Waals surface area contributed by atoms with Crippen molar-refractivity contribution < 1.29 is 12.8 Å². The van der Waals surface area contributed by atoms with Crippen LogP contribution in [0.15, 0.2) is 23.1 Å². The van der Waals surface area contributed by atoms with Gasteiger partial charge in [-0.25, -0.2) is 12.8 Å². The van der Waals surface area contributed by atoms with Gasteiger partial charge in [-0.15, -0.1) is 0 Å². The third kappa shape index (κ3) is 1.74. The zero-order valence-electron chi connectivity index (χ0n) is 9.03. The molecule has 1 fully saturated rings. The van der Waals surface area contributed by atoms with Crippen molar-refractivity contribution in [1.29, 1.82) is 0 Å². The first kappa shape index (κ1) is 11.5. The van der Waals surface area contributed by atoms with Crippen LogP contribution in [0, 0.1) is 5.82 Å². The van der Waals surface area contributed by atoms with Crippen LogP contribution in [0.25, 0.3) is 0 Å². The Kier molecular flexibility index (Phi) is 2.55. The predicted molar refractivity (Wildman–Crippen MR) is 59.2 cm³/mol. The molecule has 2 N–H and O–H groups in total. The lowest BCUT2D eigenvalue weighted by Gasteiger charge is -2.39. The Morgan fingerprint density at radius 2 is 2.00 bits per heavy atom. The first-order valence-electron chi connectivity index (χ1n) is 5.12. The SMILES string of the molecule is CS(=O)(=O)c1cccc(F)c1C1(N)CCC1. The first-order valence-corrected chi connectivity index (χ1v) is 7.02. The number of rotatable bonds is 2. The van der Waals surface area contributed by atoms with Gasteiger partial charge in [0.25, 0.3) is 0 Å². The number of nitrogens with two attached hydrogens (primary N) is 1. The van der Waals surface area contributed by atoms with Gasteiger partial charge in [0.05, 0.1) is 4.90 Å². The molecule has 0 aromatic heterocycles. The molecule has 0 heterocycles. The molecule has 0 aliphatic heterocycles. The Hall–Kier alpha value is -0.940. The molecule has 0 unspecified atom stereocenters. The summed E-state index contributed by atoms with van der Waals surface area (Å²) in [4.78, 5) is 0.0229. The maximum absolute atomic E-state index is 13.8. The maximum atomic E-state index is 13.8. The van der Waals surface area contributed by atoms with E-state index in [1.54, 1.807) is 0 Å². The lowest BCUT2D eigenvalue weighted by Crippen LogP contribution is -2.45. The van der Waals surface area contributed by atoms with Crippen LogP contribution in [-0.2, 0) is 15.4 Å². The molecule has 0 saturated heterocycles. The summed E-state index contributed by atoms with van der Waals surface area (Å²) in [6.45, 7) is 0. The van der Waals surface area contributed by atoms with Gasteiger partial charge in [-0.05, 0) is 31.4 Å². The fourth-order valence-electron chi connectivity index (χ4n) is 2.10. The summed E-state index contributed by atoms with van der Waals surface area (Å²) in [5.41, 5.74) is 5.37. The van der Waals surface area contributed by atoms with E-state index in [9.17, 15) is 12.8 Å². The Bertz CT molecular complexity index is 521. The molecule has 88 valence electrons. The summed E-state index contributed by atoms with van der Waals surface area (Å²) in [7, 11) is -3.44. The average Bonchev–Trinajstić information content (AvgIpc) is 2.12. The zero-order chi connectivity index (χ0) is 12.0. The van der Waals surface area contributed by atoms with Crippen molar-refractivity contribution in [3.63, 3.8) is 0 Å². The lowest BCUT2D eigenvalue weighted by molar-refractivity contribution is 0.240. The van der Waals surface area contributed by atoms with Crippen molar-refractivity contribution in [3.05, 3.63) is 29.6 Å². The highest BCUT2D eigenvalue weighted by Gasteiger charge is 2.39. The van der Waals surface area contributed by atoms with Crippen molar-refractivity contribution in [2.45, 2.75) is 29.7 Å². The highest BCUT2D eigenvalue weighted by atomic mass is 32.2. The van der Waals surface area contributed by atoms with E-state index >= 15 is 0 Å². The molecule has 1 saturated carbocycles. The zero-order valence-corrected chi connectivity index (χ0v) is 9.85. The van der Waals surface area contributed by atoms with Crippen LogP contribution in [0.2, 0.25) is 0 Å². The highest BCUT2D eigenvalue weighted by Crippen LogP contribution is 2.42. The van der Waals surface area contributed by atoms with Gasteiger partial charge in [-0.1, -0.05) is 6.07 Å². The summed E-state index contributed by atoms with van der Waals surface area (Å²) in [6.07, 6.45) is 3.26. The smallest absolute Gasteiger partial charge is 0.175 e.